The van der Waals surface area contributed by atoms with Gasteiger partial charge in [0.15, 0.2) is 0 Å². The first kappa shape index (κ1) is 10.3. The van der Waals surface area contributed by atoms with E-state index in [1.54, 1.807) is 22.6 Å². The molecule has 5 heteroatoms. The summed E-state index contributed by atoms with van der Waals surface area (Å²) < 4.78 is 37.4. The van der Waals surface area contributed by atoms with Crippen LogP contribution >= 0.6 is 38.5 Å². The molecule has 0 unspecified atom stereocenters. The molecule has 1 aromatic rings. The largest absolute Gasteiger partial charge is 0.264 e. The molecule has 0 saturated heterocycles. The Balaban J connectivity index is 3.23. The average molecular weight is 351 g/mol. The van der Waals surface area contributed by atoms with Crippen molar-refractivity contribution in [1.82, 2.24) is 0 Å². The maximum absolute atomic E-state index is 12.7. The van der Waals surface area contributed by atoms with E-state index in [9.17, 15) is 13.2 Å². The van der Waals surface area contributed by atoms with Crippen molar-refractivity contribution >= 4 is 38.5 Å². The first-order chi connectivity index (χ1) is 5.52. The molecule has 1 aromatic carbocycles. The quantitative estimate of drug-likeness (QED) is 0.527. The smallest absolute Gasteiger partial charge is 0.206 e. The van der Waals surface area contributed by atoms with E-state index in [0.29, 0.717) is 0 Å². The predicted octanol–water partition coefficient (Wildman–Crippen LogP) is 4.13. The molecule has 0 amide bonds. The molecule has 0 aliphatic rings. The minimum atomic E-state index is -2.58. The van der Waals surface area contributed by atoms with Crippen LogP contribution in [0.15, 0.2) is 16.6 Å². The minimum Gasteiger partial charge on any atom is -0.206 e. The van der Waals surface area contributed by atoms with Crippen LogP contribution < -0.4 is 0 Å². The highest BCUT2D eigenvalue weighted by atomic mass is 127. The molecule has 0 N–H and O–H groups in total. The third-order valence-electron chi connectivity index (χ3n) is 1.27. The Hall–Kier alpha value is 0.220. The molecule has 12 heavy (non-hydrogen) atoms. The van der Waals surface area contributed by atoms with Gasteiger partial charge in [0.2, 0.25) is 0 Å². The molecule has 0 aliphatic carbocycles. The van der Waals surface area contributed by atoms with Gasteiger partial charge in [0.1, 0.15) is 5.82 Å². The number of alkyl halides is 2. The Kier molecular flexibility index (Phi) is 3.39. The summed E-state index contributed by atoms with van der Waals surface area (Å²) >= 11 is 4.53. The average Bonchev–Trinajstić information content (AvgIpc) is 1.96. The van der Waals surface area contributed by atoms with Crippen LogP contribution in [0.5, 0.6) is 0 Å². The Morgan fingerprint density at radius 3 is 2.42 bits per heavy atom. The van der Waals surface area contributed by atoms with Gasteiger partial charge >= 0.3 is 0 Å². The zero-order valence-electron chi connectivity index (χ0n) is 5.62. The molecule has 1 rings (SSSR count). The second kappa shape index (κ2) is 3.95. The third-order valence-corrected chi connectivity index (χ3v) is 2.79. The minimum absolute atomic E-state index is 0.107. The van der Waals surface area contributed by atoms with Crippen LogP contribution in [0, 0.1) is 9.39 Å². The van der Waals surface area contributed by atoms with Crippen LogP contribution in [0.2, 0.25) is 0 Å². The van der Waals surface area contributed by atoms with E-state index in [0.717, 1.165) is 12.1 Å². The fourth-order valence-electron chi connectivity index (χ4n) is 0.705. The molecule has 0 heterocycles. The van der Waals surface area contributed by atoms with E-state index in [1.807, 2.05) is 0 Å². The zero-order valence-corrected chi connectivity index (χ0v) is 9.37. The normalized spacial score (nSPS) is 10.8. The van der Waals surface area contributed by atoms with Crippen molar-refractivity contribution in [3.63, 3.8) is 0 Å². The predicted molar refractivity (Wildman–Crippen MR) is 51.8 cm³/mol. The first-order valence-electron chi connectivity index (χ1n) is 2.95. The van der Waals surface area contributed by atoms with Crippen LogP contribution in [-0.4, -0.2) is 0 Å². The maximum Gasteiger partial charge on any atom is 0.264 e. The first-order valence-corrected chi connectivity index (χ1v) is 4.82. The number of benzene rings is 1. The molecule has 0 fully saturated rings. The van der Waals surface area contributed by atoms with E-state index in [2.05, 4.69) is 15.9 Å². The van der Waals surface area contributed by atoms with Gasteiger partial charge in [-0.1, -0.05) is 15.9 Å². The zero-order chi connectivity index (χ0) is 9.30. The van der Waals surface area contributed by atoms with Crippen molar-refractivity contribution in [1.29, 1.82) is 0 Å². The molecule has 0 spiro atoms. The summed E-state index contributed by atoms with van der Waals surface area (Å²) in [5, 5.41) is 0. The molecule has 0 bridgehead atoms. The van der Waals surface area contributed by atoms with Crippen LogP contribution in [0.4, 0.5) is 13.2 Å². The van der Waals surface area contributed by atoms with E-state index in [1.165, 1.54) is 0 Å². The second-order valence-corrected chi connectivity index (χ2v) is 4.11. The van der Waals surface area contributed by atoms with E-state index in [4.69, 9.17) is 0 Å². The van der Waals surface area contributed by atoms with E-state index < -0.39 is 12.2 Å². The lowest BCUT2D eigenvalue weighted by atomic mass is 10.2. The number of halogens is 5. The number of hydrogen-bond acceptors (Lipinski definition) is 0. The molecular formula is C7H3BrF3I. The number of rotatable bonds is 1. The fourth-order valence-corrected chi connectivity index (χ4v) is 1.68. The van der Waals surface area contributed by atoms with Crippen LogP contribution in [-0.2, 0) is 0 Å². The second-order valence-electron chi connectivity index (χ2n) is 2.09. The van der Waals surface area contributed by atoms with Gasteiger partial charge in [0.25, 0.3) is 6.43 Å². The SMILES string of the molecule is Fc1cc(Br)c(C(F)F)cc1I. The van der Waals surface area contributed by atoms with Gasteiger partial charge in [-0.2, -0.15) is 0 Å². The summed E-state index contributed by atoms with van der Waals surface area (Å²) in [6, 6.07) is 2.17. The van der Waals surface area contributed by atoms with Crippen molar-refractivity contribution in [3.8, 4) is 0 Å². The van der Waals surface area contributed by atoms with Crippen LogP contribution in [0.25, 0.3) is 0 Å². The van der Waals surface area contributed by atoms with Crippen LogP contribution in [0.1, 0.15) is 12.0 Å². The van der Waals surface area contributed by atoms with E-state index >= 15 is 0 Å². The molecule has 0 atom stereocenters. The van der Waals surface area contributed by atoms with Crippen molar-refractivity contribution in [2.75, 3.05) is 0 Å². The van der Waals surface area contributed by atoms with Gasteiger partial charge in [0, 0.05) is 13.6 Å². The summed E-state index contributed by atoms with van der Waals surface area (Å²) in [4.78, 5) is 0. The van der Waals surface area contributed by atoms with Gasteiger partial charge in [-0.05, 0) is 34.7 Å². The Morgan fingerprint density at radius 1 is 1.33 bits per heavy atom. The lowest BCUT2D eigenvalue weighted by molar-refractivity contribution is 0.150. The molecule has 0 nitrogen and oxygen atoms in total. The highest BCUT2D eigenvalue weighted by molar-refractivity contribution is 14.1. The lowest BCUT2D eigenvalue weighted by Crippen LogP contribution is -1.90. The highest BCUT2D eigenvalue weighted by Gasteiger charge is 2.14. The van der Waals surface area contributed by atoms with E-state index in [-0.39, 0.29) is 13.6 Å². The molecule has 0 aromatic heterocycles. The molecule has 0 radical (unpaired) electrons. The summed E-state index contributed by atoms with van der Waals surface area (Å²) in [7, 11) is 0. The van der Waals surface area contributed by atoms with Crippen molar-refractivity contribution in [2.24, 2.45) is 0 Å². The van der Waals surface area contributed by atoms with Crippen molar-refractivity contribution in [3.05, 3.63) is 31.6 Å². The summed E-state index contributed by atoms with van der Waals surface area (Å²) in [6.07, 6.45) is -2.58. The molecular weight excluding hydrogens is 348 g/mol. The fraction of sp³-hybridized carbons (Fsp3) is 0.143. The lowest BCUT2D eigenvalue weighted by Gasteiger charge is -2.03. The molecule has 0 aliphatic heterocycles. The van der Waals surface area contributed by atoms with Gasteiger partial charge < -0.3 is 0 Å². The van der Waals surface area contributed by atoms with Gasteiger partial charge in [-0.15, -0.1) is 0 Å². The Morgan fingerprint density at radius 2 is 1.92 bits per heavy atom. The third kappa shape index (κ3) is 2.12. The highest BCUT2D eigenvalue weighted by Crippen LogP contribution is 2.30. The summed E-state index contributed by atoms with van der Waals surface area (Å²) in [5.74, 6) is -0.494. The van der Waals surface area contributed by atoms with Crippen LogP contribution in [0.3, 0.4) is 0 Å². The standard InChI is InChI=1S/C7H3BrF3I/c8-4-2-5(9)6(12)1-3(4)7(10)11/h1-2,7H. The maximum atomic E-state index is 12.7. The topological polar surface area (TPSA) is 0 Å². The van der Waals surface area contributed by atoms with Gasteiger partial charge in [-0.3, -0.25) is 0 Å². The number of hydrogen-bond donors (Lipinski definition) is 0. The summed E-state index contributed by atoms with van der Waals surface area (Å²) in [5.41, 5.74) is -0.180. The summed E-state index contributed by atoms with van der Waals surface area (Å²) in [6.45, 7) is 0. The van der Waals surface area contributed by atoms with Gasteiger partial charge in [0.05, 0.1) is 0 Å². The van der Waals surface area contributed by atoms with Crippen molar-refractivity contribution in [2.45, 2.75) is 6.43 Å². The Labute approximate surface area is 89.4 Å². The monoisotopic (exact) mass is 350 g/mol. The van der Waals surface area contributed by atoms with Gasteiger partial charge in [-0.25, -0.2) is 13.2 Å². The Bertz CT molecular complexity index is 301. The molecule has 66 valence electrons. The van der Waals surface area contributed by atoms with Crippen molar-refractivity contribution < 1.29 is 13.2 Å². The molecule has 0 saturated carbocycles.